The first kappa shape index (κ1) is 13.3. The van der Waals surface area contributed by atoms with Crippen LogP contribution in [-0.2, 0) is 9.53 Å². The number of nitrogens with zero attached hydrogens (tertiary/aromatic N) is 3. The molecule has 5 heteroatoms. The van der Waals surface area contributed by atoms with Crippen LogP contribution in [0.4, 0.5) is 0 Å². The summed E-state index contributed by atoms with van der Waals surface area (Å²) >= 11 is 0. The summed E-state index contributed by atoms with van der Waals surface area (Å²) in [5, 5.41) is 0. The Bertz CT molecular complexity index is 313. The minimum absolute atomic E-state index is 0.234. The topological polar surface area (TPSA) is 36.0 Å². The van der Waals surface area contributed by atoms with Gasteiger partial charge in [0.1, 0.15) is 0 Å². The summed E-state index contributed by atoms with van der Waals surface area (Å²) in [4.78, 5) is 18.4. The van der Waals surface area contributed by atoms with Crippen LogP contribution in [0.25, 0.3) is 0 Å². The molecule has 2 fully saturated rings. The molecule has 0 N–H and O–H groups in total. The Labute approximate surface area is 109 Å². The maximum Gasteiger partial charge on any atom is 0.236 e. The fraction of sp³-hybridized carbons (Fsp3) is 0.769. The minimum atomic E-state index is 0.234. The zero-order valence-electron chi connectivity index (χ0n) is 10.8. The molecule has 2 heterocycles. The van der Waals surface area contributed by atoms with E-state index in [1.54, 1.807) is 0 Å². The molecule has 0 atom stereocenters. The van der Waals surface area contributed by atoms with Gasteiger partial charge in [-0.1, -0.05) is 5.92 Å². The van der Waals surface area contributed by atoms with Crippen molar-refractivity contribution in [3.8, 4) is 12.3 Å². The van der Waals surface area contributed by atoms with Gasteiger partial charge in [0, 0.05) is 39.3 Å². The van der Waals surface area contributed by atoms with Crippen LogP contribution in [0.1, 0.15) is 0 Å². The number of hydrogen-bond donors (Lipinski definition) is 0. The Morgan fingerprint density at radius 3 is 2.33 bits per heavy atom. The monoisotopic (exact) mass is 251 g/mol. The smallest absolute Gasteiger partial charge is 0.236 e. The van der Waals surface area contributed by atoms with E-state index in [1.807, 2.05) is 4.90 Å². The first-order valence-corrected chi connectivity index (χ1v) is 6.53. The Balaban J connectivity index is 1.72. The van der Waals surface area contributed by atoms with Crippen molar-refractivity contribution < 1.29 is 9.53 Å². The number of piperazine rings is 1. The number of amides is 1. The third kappa shape index (κ3) is 3.70. The molecule has 0 aromatic rings. The Morgan fingerprint density at radius 1 is 1.06 bits per heavy atom. The fourth-order valence-electron chi connectivity index (χ4n) is 2.34. The highest BCUT2D eigenvalue weighted by Crippen LogP contribution is 2.04. The van der Waals surface area contributed by atoms with Crippen LogP contribution in [-0.4, -0.2) is 86.2 Å². The van der Waals surface area contributed by atoms with Gasteiger partial charge in [-0.05, 0) is 0 Å². The van der Waals surface area contributed by atoms with E-state index in [1.165, 1.54) is 0 Å². The normalized spacial score (nSPS) is 22.7. The van der Waals surface area contributed by atoms with E-state index >= 15 is 0 Å². The summed E-state index contributed by atoms with van der Waals surface area (Å²) in [5.74, 6) is 2.88. The van der Waals surface area contributed by atoms with Crippen molar-refractivity contribution in [1.82, 2.24) is 14.7 Å². The van der Waals surface area contributed by atoms with Gasteiger partial charge in [0.25, 0.3) is 0 Å². The zero-order valence-corrected chi connectivity index (χ0v) is 10.8. The SMILES string of the molecule is C#CCN1CCN(C(=O)CN2CCOCC2)CC1. The first-order valence-electron chi connectivity index (χ1n) is 6.53. The minimum Gasteiger partial charge on any atom is -0.379 e. The second-order valence-corrected chi connectivity index (χ2v) is 4.75. The first-order chi connectivity index (χ1) is 8.79. The van der Waals surface area contributed by atoms with Gasteiger partial charge in [-0.2, -0.15) is 0 Å². The Morgan fingerprint density at radius 2 is 1.72 bits per heavy atom. The number of carbonyl (C=O) groups is 1. The maximum atomic E-state index is 12.1. The average Bonchev–Trinajstić information content (AvgIpc) is 2.41. The Kier molecular flexibility index (Phi) is 5.00. The van der Waals surface area contributed by atoms with Gasteiger partial charge >= 0.3 is 0 Å². The van der Waals surface area contributed by atoms with Crippen LogP contribution >= 0.6 is 0 Å². The molecule has 18 heavy (non-hydrogen) atoms. The maximum absolute atomic E-state index is 12.1. The summed E-state index contributed by atoms with van der Waals surface area (Å²) < 4.78 is 5.28. The number of carbonyl (C=O) groups excluding carboxylic acids is 1. The van der Waals surface area contributed by atoms with E-state index < -0.39 is 0 Å². The molecule has 2 aliphatic rings. The molecule has 5 nitrogen and oxygen atoms in total. The van der Waals surface area contributed by atoms with E-state index in [9.17, 15) is 4.79 Å². The molecule has 0 spiro atoms. The van der Waals surface area contributed by atoms with Crippen LogP contribution < -0.4 is 0 Å². The number of ether oxygens (including phenoxy) is 1. The van der Waals surface area contributed by atoms with Crippen LogP contribution in [0.15, 0.2) is 0 Å². The van der Waals surface area contributed by atoms with Gasteiger partial charge in [0.05, 0.1) is 26.3 Å². The molecule has 2 aliphatic heterocycles. The van der Waals surface area contributed by atoms with Crippen LogP contribution in [0.2, 0.25) is 0 Å². The summed E-state index contributed by atoms with van der Waals surface area (Å²) in [6.07, 6.45) is 5.29. The highest BCUT2D eigenvalue weighted by molar-refractivity contribution is 5.78. The van der Waals surface area contributed by atoms with Gasteiger partial charge in [-0.3, -0.25) is 14.6 Å². The highest BCUT2D eigenvalue weighted by Gasteiger charge is 2.22. The fourth-order valence-corrected chi connectivity index (χ4v) is 2.34. The average molecular weight is 251 g/mol. The molecule has 0 unspecified atom stereocenters. The molecule has 0 aliphatic carbocycles. The summed E-state index contributed by atoms with van der Waals surface area (Å²) in [7, 11) is 0. The number of terminal acetylenes is 1. The second kappa shape index (κ2) is 6.74. The van der Waals surface area contributed by atoms with Gasteiger partial charge in [0.15, 0.2) is 0 Å². The molecule has 2 saturated heterocycles. The van der Waals surface area contributed by atoms with Gasteiger partial charge in [-0.25, -0.2) is 0 Å². The molecule has 0 aromatic heterocycles. The standard InChI is InChI=1S/C13H21N3O2/c1-2-3-14-4-6-16(7-5-14)13(17)12-15-8-10-18-11-9-15/h1H,3-12H2. The predicted molar refractivity (Wildman–Crippen MR) is 69.1 cm³/mol. The van der Waals surface area contributed by atoms with E-state index in [-0.39, 0.29) is 5.91 Å². The molecular weight excluding hydrogens is 230 g/mol. The van der Waals surface area contributed by atoms with Gasteiger partial charge in [0.2, 0.25) is 5.91 Å². The molecule has 1 amide bonds. The quantitative estimate of drug-likeness (QED) is 0.609. The molecule has 0 radical (unpaired) electrons. The third-order valence-corrected chi connectivity index (χ3v) is 3.50. The third-order valence-electron chi connectivity index (χ3n) is 3.50. The van der Waals surface area contributed by atoms with Crippen LogP contribution in [0.5, 0.6) is 0 Å². The second-order valence-electron chi connectivity index (χ2n) is 4.75. The number of hydrogen-bond acceptors (Lipinski definition) is 4. The summed E-state index contributed by atoms with van der Waals surface area (Å²) in [5.41, 5.74) is 0. The Hall–Kier alpha value is -1.09. The van der Waals surface area contributed by atoms with Crippen molar-refractivity contribution in [2.75, 3.05) is 65.6 Å². The lowest BCUT2D eigenvalue weighted by molar-refractivity contribution is -0.135. The van der Waals surface area contributed by atoms with Gasteiger partial charge in [-0.15, -0.1) is 6.42 Å². The molecule has 100 valence electrons. The van der Waals surface area contributed by atoms with Crippen LogP contribution in [0, 0.1) is 12.3 Å². The number of morpholine rings is 1. The van der Waals surface area contributed by atoms with Crippen molar-refractivity contribution in [3.63, 3.8) is 0 Å². The van der Waals surface area contributed by atoms with Crippen molar-refractivity contribution in [2.24, 2.45) is 0 Å². The molecule has 2 rings (SSSR count). The van der Waals surface area contributed by atoms with E-state index in [2.05, 4.69) is 15.7 Å². The zero-order chi connectivity index (χ0) is 12.8. The molecule has 0 saturated carbocycles. The van der Waals surface area contributed by atoms with Crippen molar-refractivity contribution in [1.29, 1.82) is 0 Å². The molecule has 0 bridgehead atoms. The lowest BCUT2D eigenvalue weighted by Crippen LogP contribution is -2.52. The van der Waals surface area contributed by atoms with E-state index in [0.717, 1.165) is 52.5 Å². The lowest BCUT2D eigenvalue weighted by atomic mass is 10.3. The summed E-state index contributed by atoms with van der Waals surface area (Å²) in [6.45, 7) is 7.79. The van der Waals surface area contributed by atoms with E-state index in [4.69, 9.17) is 11.2 Å². The van der Waals surface area contributed by atoms with Crippen molar-refractivity contribution >= 4 is 5.91 Å². The van der Waals surface area contributed by atoms with Crippen molar-refractivity contribution in [3.05, 3.63) is 0 Å². The highest BCUT2D eigenvalue weighted by atomic mass is 16.5. The van der Waals surface area contributed by atoms with Crippen LogP contribution in [0.3, 0.4) is 0 Å². The largest absolute Gasteiger partial charge is 0.379 e. The van der Waals surface area contributed by atoms with Crippen molar-refractivity contribution in [2.45, 2.75) is 0 Å². The lowest BCUT2D eigenvalue weighted by Gasteiger charge is -2.35. The number of rotatable bonds is 3. The predicted octanol–water partition coefficient (Wildman–Crippen LogP) is -0.904. The van der Waals surface area contributed by atoms with Gasteiger partial charge < -0.3 is 9.64 Å². The molecular formula is C13H21N3O2. The van der Waals surface area contributed by atoms with E-state index in [0.29, 0.717) is 13.1 Å². The summed E-state index contributed by atoms with van der Waals surface area (Å²) in [6, 6.07) is 0. The molecule has 0 aromatic carbocycles.